The Morgan fingerprint density at radius 1 is 1.50 bits per heavy atom. The Morgan fingerprint density at radius 2 is 2.00 bits per heavy atom. The standard InChI is InChI=1S/C6H16N4O2S2/c1-6(2,10-14(3,11)12)4-8-5(13)9-7/h10H,4,7H2,1-3H3,(H2,8,9,13). The van der Waals surface area contributed by atoms with E-state index in [0.717, 1.165) is 6.26 Å². The van der Waals surface area contributed by atoms with E-state index in [4.69, 9.17) is 18.1 Å². The van der Waals surface area contributed by atoms with Crippen LogP contribution in [0.1, 0.15) is 13.8 Å². The maximum Gasteiger partial charge on any atom is 0.209 e. The van der Waals surface area contributed by atoms with Crippen LogP contribution in [-0.4, -0.2) is 31.9 Å². The SMILES string of the molecule is CC(C)(CNC(=S)NN)NS(C)(=O)=O. The van der Waals surface area contributed by atoms with E-state index in [0.29, 0.717) is 6.54 Å². The van der Waals surface area contributed by atoms with E-state index >= 15 is 0 Å². The number of nitrogens with two attached hydrogens (primary N) is 1. The smallest absolute Gasteiger partial charge is 0.209 e. The van der Waals surface area contributed by atoms with Crippen LogP contribution >= 0.6 is 12.2 Å². The molecule has 0 saturated carbocycles. The van der Waals surface area contributed by atoms with Crippen molar-refractivity contribution in [2.75, 3.05) is 12.8 Å². The lowest BCUT2D eigenvalue weighted by molar-refractivity contribution is 0.448. The molecular formula is C6H16N4O2S2. The van der Waals surface area contributed by atoms with Crippen LogP contribution in [0.15, 0.2) is 0 Å². The Hall–Kier alpha value is -0.440. The van der Waals surface area contributed by atoms with Crippen molar-refractivity contribution >= 4 is 27.4 Å². The van der Waals surface area contributed by atoms with Crippen molar-refractivity contribution in [2.45, 2.75) is 19.4 Å². The summed E-state index contributed by atoms with van der Waals surface area (Å²) >= 11 is 4.74. The van der Waals surface area contributed by atoms with Crippen molar-refractivity contribution in [3.05, 3.63) is 0 Å². The lowest BCUT2D eigenvalue weighted by atomic mass is 10.1. The molecule has 0 radical (unpaired) electrons. The average Bonchev–Trinajstić information content (AvgIpc) is 1.96. The minimum atomic E-state index is -3.22. The van der Waals surface area contributed by atoms with Crippen LogP contribution in [-0.2, 0) is 10.0 Å². The molecule has 5 N–H and O–H groups in total. The average molecular weight is 240 g/mol. The molecule has 84 valence electrons. The summed E-state index contributed by atoms with van der Waals surface area (Å²) in [5.41, 5.74) is 1.63. The highest BCUT2D eigenvalue weighted by atomic mass is 32.2. The summed E-state index contributed by atoms with van der Waals surface area (Å²) in [7, 11) is -3.22. The van der Waals surface area contributed by atoms with Crippen LogP contribution in [0.25, 0.3) is 0 Å². The van der Waals surface area contributed by atoms with Gasteiger partial charge in [-0.2, -0.15) is 0 Å². The molecule has 0 aromatic rings. The molecule has 0 aliphatic carbocycles. The second kappa shape index (κ2) is 4.87. The minimum Gasteiger partial charge on any atom is -0.360 e. The van der Waals surface area contributed by atoms with Crippen molar-refractivity contribution in [3.8, 4) is 0 Å². The number of thiocarbonyl (C=S) groups is 1. The van der Waals surface area contributed by atoms with Crippen LogP contribution in [0.4, 0.5) is 0 Å². The van der Waals surface area contributed by atoms with Crippen molar-refractivity contribution in [3.63, 3.8) is 0 Å². The van der Waals surface area contributed by atoms with E-state index < -0.39 is 15.6 Å². The lowest BCUT2D eigenvalue weighted by Crippen LogP contribution is -2.53. The molecule has 0 unspecified atom stereocenters. The van der Waals surface area contributed by atoms with Gasteiger partial charge in [0.2, 0.25) is 10.0 Å². The molecule has 0 heterocycles. The zero-order valence-corrected chi connectivity index (χ0v) is 10.1. The van der Waals surface area contributed by atoms with E-state index in [1.165, 1.54) is 0 Å². The monoisotopic (exact) mass is 240 g/mol. The molecule has 0 aromatic heterocycles. The third-order valence-electron chi connectivity index (χ3n) is 1.28. The van der Waals surface area contributed by atoms with E-state index in [-0.39, 0.29) is 5.11 Å². The van der Waals surface area contributed by atoms with Gasteiger partial charge in [0.1, 0.15) is 0 Å². The normalized spacial score (nSPS) is 12.3. The fourth-order valence-corrected chi connectivity index (χ4v) is 2.04. The lowest BCUT2D eigenvalue weighted by Gasteiger charge is -2.25. The van der Waals surface area contributed by atoms with Gasteiger partial charge in [-0.3, -0.25) is 0 Å². The van der Waals surface area contributed by atoms with Gasteiger partial charge in [-0.25, -0.2) is 19.0 Å². The van der Waals surface area contributed by atoms with Crippen LogP contribution in [0.5, 0.6) is 0 Å². The predicted molar refractivity (Wildman–Crippen MR) is 60.0 cm³/mol. The van der Waals surface area contributed by atoms with Gasteiger partial charge in [0.05, 0.1) is 6.26 Å². The maximum absolute atomic E-state index is 10.9. The highest BCUT2D eigenvalue weighted by Crippen LogP contribution is 2.01. The maximum atomic E-state index is 10.9. The van der Waals surface area contributed by atoms with Gasteiger partial charge in [-0.15, -0.1) is 0 Å². The fraction of sp³-hybridized carbons (Fsp3) is 0.833. The van der Waals surface area contributed by atoms with Gasteiger partial charge >= 0.3 is 0 Å². The molecule has 6 nitrogen and oxygen atoms in total. The number of hydrogen-bond donors (Lipinski definition) is 4. The molecule has 0 rings (SSSR count). The first-order valence-electron chi connectivity index (χ1n) is 3.90. The number of hydrazine groups is 1. The molecule has 0 aliphatic heterocycles. The number of rotatable bonds is 4. The van der Waals surface area contributed by atoms with Crippen LogP contribution in [0.2, 0.25) is 0 Å². The van der Waals surface area contributed by atoms with Crippen molar-refractivity contribution in [2.24, 2.45) is 5.84 Å². The molecule has 0 saturated heterocycles. The highest BCUT2D eigenvalue weighted by Gasteiger charge is 2.21. The fourth-order valence-electron chi connectivity index (χ4n) is 0.890. The van der Waals surface area contributed by atoms with Crippen molar-refractivity contribution < 1.29 is 8.42 Å². The first kappa shape index (κ1) is 13.6. The predicted octanol–water partition coefficient (Wildman–Crippen LogP) is -1.35. The van der Waals surface area contributed by atoms with Crippen LogP contribution in [0.3, 0.4) is 0 Å². The Morgan fingerprint density at radius 3 is 2.36 bits per heavy atom. The summed E-state index contributed by atoms with van der Waals surface area (Å²) in [5, 5.41) is 3.04. The van der Waals surface area contributed by atoms with Gasteiger partial charge in [-0.1, -0.05) is 0 Å². The Kier molecular flexibility index (Phi) is 4.72. The molecule has 0 aromatic carbocycles. The van der Waals surface area contributed by atoms with Crippen molar-refractivity contribution in [1.29, 1.82) is 0 Å². The van der Waals surface area contributed by atoms with Gasteiger partial charge in [0, 0.05) is 12.1 Å². The molecule has 8 heteroatoms. The van der Waals surface area contributed by atoms with Gasteiger partial charge in [-0.05, 0) is 26.1 Å². The van der Waals surface area contributed by atoms with E-state index in [1.54, 1.807) is 13.8 Å². The second-order valence-electron chi connectivity index (χ2n) is 3.59. The summed E-state index contributed by atoms with van der Waals surface area (Å²) < 4.78 is 24.4. The Labute approximate surface area is 89.6 Å². The first-order valence-corrected chi connectivity index (χ1v) is 6.20. The number of hydrogen-bond acceptors (Lipinski definition) is 4. The molecule has 0 atom stereocenters. The van der Waals surface area contributed by atoms with E-state index in [9.17, 15) is 8.42 Å². The molecule has 0 bridgehead atoms. The van der Waals surface area contributed by atoms with Gasteiger partial charge in [0.15, 0.2) is 5.11 Å². The van der Waals surface area contributed by atoms with Gasteiger partial charge < -0.3 is 10.7 Å². The van der Waals surface area contributed by atoms with Crippen LogP contribution in [0, 0.1) is 0 Å². The van der Waals surface area contributed by atoms with Gasteiger partial charge in [0.25, 0.3) is 0 Å². The summed E-state index contributed by atoms with van der Waals surface area (Å²) in [6, 6.07) is 0. The minimum absolute atomic E-state index is 0.272. The first-order chi connectivity index (χ1) is 6.16. The van der Waals surface area contributed by atoms with E-state index in [1.807, 2.05) is 0 Å². The molecule has 0 amide bonds. The molecule has 0 spiro atoms. The third-order valence-corrected chi connectivity index (χ3v) is 2.47. The topological polar surface area (TPSA) is 96.2 Å². The molecule has 0 fully saturated rings. The zero-order chi connectivity index (χ0) is 11.4. The van der Waals surface area contributed by atoms with E-state index in [2.05, 4.69) is 15.5 Å². The summed E-state index contributed by atoms with van der Waals surface area (Å²) in [5.74, 6) is 5.04. The Bertz CT molecular complexity index is 299. The zero-order valence-electron chi connectivity index (χ0n) is 8.42. The summed E-state index contributed by atoms with van der Waals surface area (Å²) in [6.45, 7) is 3.82. The quantitative estimate of drug-likeness (QED) is 0.276. The molecule has 0 aliphatic rings. The Balaban J connectivity index is 4.15. The molecular weight excluding hydrogens is 224 g/mol. The van der Waals surface area contributed by atoms with Crippen LogP contribution < -0.4 is 21.3 Å². The molecule has 14 heavy (non-hydrogen) atoms. The van der Waals surface area contributed by atoms with Crippen molar-refractivity contribution in [1.82, 2.24) is 15.5 Å². The number of nitrogens with one attached hydrogen (secondary N) is 3. The number of sulfonamides is 1. The highest BCUT2D eigenvalue weighted by molar-refractivity contribution is 7.88. The largest absolute Gasteiger partial charge is 0.360 e. The summed E-state index contributed by atoms with van der Waals surface area (Å²) in [4.78, 5) is 0. The second-order valence-corrected chi connectivity index (χ2v) is 5.74. The third kappa shape index (κ3) is 7.01. The summed E-state index contributed by atoms with van der Waals surface area (Å²) in [6.07, 6.45) is 1.11.